The summed E-state index contributed by atoms with van der Waals surface area (Å²) in [6, 6.07) is 4.28. The molecule has 1 saturated carbocycles. The van der Waals surface area contributed by atoms with Crippen LogP contribution in [0.15, 0.2) is 29.3 Å². The van der Waals surface area contributed by atoms with Gasteiger partial charge < -0.3 is 4.74 Å². The van der Waals surface area contributed by atoms with E-state index < -0.39 is 17.6 Å². The average molecular weight is 314 g/mol. The van der Waals surface area contributed by atoms with Gasteiger partial charge in [0.1, 0.15) is 0 Å². The first-order valence-corrected chi connectivity index (χ1v) is 7.06. The largest absolute Gasteiger partial charge is 0.465 e. The number of hydrogen-bond donors (Lipinski definition) is 1. The molecule has 1 aromatic carbocycles. The number of rotatable bonds is 4. The summed E-state index contributed by atoms with van der Waals surface area (Å²) in [7, 11) is 0. The van der Waals surface area contributed by atoms with Crippen LogP contribution in [0.1, 0.15) is 35.7 Å². The lowest BCUT2D eigenvalue weighted by Crippen LogP contribution is -2.33. The highest BCUT2D eigenvalue weighted by molar-refractivity contribution is 6.04. The first kappa shape index (κ1) is 16.3. The number of alkyl halides is 3. The monoisotopic (exact) mass is 314 g/mol. The molecular weight excluding hydrogens is 297 g/mol. The number of nitrogens with one attached hydrogen (secondary N) is 1. The highest BCUT2D eigenvalue weighted by atomic mass is 19.4. The van der Waals surface area contributed by atoms with Gasteiger partial charge in [0.05, 0.1) is 12.2 Å². The maximum Gasteiger partial charge on any atom is 0.416 e. The maximum atomic E-state index is 12.7. The van der Waals surface area contributed by atoms with Crippen molar-refractivity contribution in [3.8, 4) is 0 Å². The average Bonchev–Trinajstić information content (AvgIpc) is 3.28. The molecule has 120 valence electrons. The Labute approximate surface area is 126 Å². The number of amidine groups is 1. The Bertz CT molecular complexity index is 566. The van der Waals surface area contributed by atoms with Gasteiger partial charge in [-0.25, -0.2) is 4.99 Å². The zero-order chi connectivity index (χ0) is 16.2. The van der Waals surface area contributed by atoms with Gasteiger partial charge in [0.2, 0.25) is 0 Å². The van der Waals surface area contributed by atoms with E-state index in [1.165, 1.54) is 12.1 Å². The van der Waals surface area contributed by atoms with Crippen LogP contribution in [0.25, 0.3) is 0 Å². The fourth-order valence-electron chi connectivity index (χ4n) is 1.78. The van der Waals surface area contributed by atoms with Crippen molar-refractivity contribution in [2.45, 2.75) is 25.9 Å². The Kier molecular flexibility index (Phi) is 5.05. The van der Waals surface area contributed by atoms with Crippen LogP contribution in [-0.2, 0) is 10.9 Å². The molecule has 1 N–H and O–H groups in total. The SMILES string of the molecule is CCOC(=NCC1CC1)NC(=O)c1cccc(C(F)(F)F)c1. The van der Waals surface area contributed by atoms with E-state index in [-0.39, 0.29) is 11.6 Å². The van der Waals surface area contributed by atoms with Crippen molar-refractivity contribution in [3.63, 3.8) is 0 Å². The Hall–Kier alpha value is -2.05. The number of aliphatic imine (C=N–C) groups is 1. The zero-order valence-electron chi connectivity index (χ0n) is 12.1. The molecular formula is C15H17F3N2O2. The summed E-state index contributed by atoms with van der Waals surface area (Å²) < 4.78 is 43.2. The second-order valence-electron chi connectivity index (χ2n) is 5.05. The van der Waals surface area contributed by atoms with Gasteiger partial charge in [-0.2, -0.15) is 13.2 Å². The highest BCUT2D eigenvalue weighted by Crippen LogP contribution is 2.30. The first-order chi connectivity index (χ1) is 10.4. The van der Waals surface area contributed by atoms with Crippen LogP contribution in [0.2, 0.25) is 0 Å². The lowest BCUT2D eigenvalue weighted by Gasteiger charge is -2.11. The molecule has 0 atom stereocenters. The fraction of sp³-hybridized carbons (Fsp3) is 0.467. The van der Waals surface area contributed by atoms with Gasteiger partial charge in [-0.3, -0.25) is 10.1 Å². The number of amides is 1. The number of halogens is 3. The maximum absolute atomic E-state index is 12.7. The predicted octanol–water partition coefficient (Wildman–Crippen LogP) is 3.24. The first-order valence-electron chi connectivity index (χ1n) is 7.06. The van der Waals surface area contributed by atoms with Crippen LogP contribution in [-0.4, -0.2) is 25.1 Å². The van der Waals surface area contributed by atoms with E-state index in [2.05, 4.69) is 10.3 Å². The van der Waals surface area contributed by atoms with Crippen molar-refractivity contribution in [3.05, 3.63) is 35.4 Å². The summed E-state index contributed by atoms with van der Waals surface area (Å²) in [5, 5.41) is 2.42. The van der Waals surface area contributed by atoms with Crippen LogP contribution < -0.4 is 5.32 Å². The lowest BCUT2D eigenvalue weighted by atomic mass is 10.1. The zero-order valence-corrected chi connectivity index (χ0v) is 12.1. The van der Waals surface area contributed by atoms with Gasteiger partial charge in [-0.15, -0.1) is 0 Å². The third kappa shape index (κ3) is 4.75. The minimum atomic E-state index is -4.49. The summed E-state index contributed by atoms with van der Waals surface area (Å²) >= 11 is 0. The fourth-order valence-corrected chi connectivity index (χ4v) is 1.78. The number of nitrogens with zero attached hydrogens (tertiary/aromatic N) is 1. The molecule has 4 nitrogen and oxygen atoms in total. The standard InChI is InChI=1S/C15H17F3N2O2/c1-2-22-14(19-9-10-6-7-10)20-13(21)11-4-3-5-12(8-11)15(16,17)18/h3-5,8,10H,2,6-7,9H2,1H3,(H,19,20,21). The Balaban J connectivity index is 2.07. The lowest BCUT2D eigenvalue weighted by molar-refractivity contribution is -0.137. The molecule has 1 amide bonds. The minimum absolute atomic E-state index is 0.0526. The molecule has 1 aliphatic carbocycles. The number of carbonyl (C=O) groups is 1. The van der Waals surface area contributed by atoms with Gasteiger partial charge in [0.15, 0.2) is 0 Å². The summed E-state index contributed by atoms with van der Waals surface area (Å²) in [5.74, 6) is -0.157. The highest BCUT2D eigenvalue weighted by Gasteiger charge is 2.31. The van der Waals surface area contributed by atoms with Gasteiger partial charge in [0.25, 0.3) is 11.9 Å². The third-order valence-corrected chi connectivity index (χ3v) is 3.14. The molecule has 7 heteroatoms. The molecule has 0 radical (unpaired) electrons. The van der Waals surface area contributed by atoms with Crippen molar-refractivity contribution in [2.75, 3.05) is 13.2 Å². The summed E-state index contributed by atoms with van der Waals surface area (Å²) in [6.45, 7) is 2.60. The second kappa shape index (κ2) is 6.81. The molecule has 0 saturated heterocycles. The van der Waals surface area contributed by atoms with Crippen molar-refractivity contribution in [2.24, 2.45) is 10.9 Å². The molecule has 0 heterocycles. The van der Waals surface area contributed by atoms with E-state index in [4.69, 9.17) is 4.74 Å². The molecule has 1 aromatic rings. The number of hydrogen-bond acceptors (Lipinski definition) is 3. The van der Waals surface area contributed by atoms with Gasteiger partial charge in [-0.05, 0) is 43.9 Å². The Morgan fingerprint density at radius 3 is 2.73 bits per heavy atom. The van der Waals surface area contributed by atoms with E-state index in [1.807, 2.05) is 0 Å². The van der Waals surface area contributed by atoms with Gasteiger partial charge in [0, 0.05) is 12.1 Å². The second-order valence-corrected chi connectivity index (χ2v) is 5.05. The van der Waals surface area contributed by atoms with Crippen LogP contribution in [0.5, 0.6) is 0 Å². The summed E-state index contributed by atoms with van der Waals surface area (Å²) in [6.07, 6.45) is -2.28. The normalized spacial score (nSPS) is 15.5. The molecule has 0 aromatic heterocycles. The van der Waals surface area contributed by atoms with E-state index >= 15 is 0 Å². The number of carbonyl (C=O) groups excluding carboxylic acids is 1. The smallest absolute Gasteiger partial charge is 0.416 e. The Morgan fingerprint density at radius 2 is 2.14 bits per heavy atom. The summed E-state index contributed by atoms with van der Waals surface area (Å²) in [4.78, 5) is 16.2. The molecule has 1 aliphatic rings. The van der Waals surface area contributed by atoms with E-state index in [1.54, 1.807) is 6.92 Å². The van der Waals surface area contributed by atoms with Crippen molar-refractivity contribution in [1.29, 1.82) is 0 Å². The number of ether oxygens (including phenoxy) is 1. The van der Waals surface area contributed by atoms with E-state index in [0.717, 1.165) is 25.0 Å². The van der Waals surface area contributed by atoms with E-state index in [9.17, 15) is 18.0 Å². The van der Waals surface area contributed by atoms with Crippen molar-refractivity contribution >= 4 is 11.9 Å². The van der Waals surface area contributed by atoms with Crippen LogP contribution >= 0.6 is 0 Å². The molecule has 2 rings (SSSR count). The molecule has 0 unspecified atom stereocenters. The molecule has 0 bridgehead atoms. The topological polar surface area (TPSA) is 50.7 Å². The number of benzene rings is 1. The van der Waals surface area contributed by atoms with Crippen molar-refractivity contribution in [1.82, 2.24) is 5.32 Å². The minimum Gasteiger partial charge on any atom is -0.465 e. The van der Waals surface area contributed by atoms with E-state index in [0.29, 0.717) is 19.1 Å². The van der Waals surface area contributed by atoms with Gasteiger partial charge in [-0.1, -0.05) is 6.07 Å². The quantitative estimate of drug-likeness (QED) is 0.685. The molecule has 22 heavy (non-hydrogen) atoms. The molecule has 0 spiro atoms. The van der Waals surface area contributed by atoms with Gasteiger partial charge >= 0.3 is 6.18 Å². The molecule has 1 fully saturated rings. The summed E-state index contributed by atoms with van der Waals surface area (Å²) in [5.41, 5.74) is -0.957. The van der Waals surface area contributed by atoms with Crippen molar-refractivity contribution < 1.29 is 22.7 Å². The molecule has 0 aliphatic heterocycles. The van der Waals surface area contributed by atoms with Crippen LogP contribution in [0.3, 0.4) is 0 Å². The Morgan fingerprint density at radius 1 is 1.41 bits per heavy atom. The van der Waals surface area contributed by atoms with Crippen LogP contribution in [0, 0.1) is 5.92 Å². The third-order valence-electron chi connectivity index (χ3n) is 3.14. The predicted molar refractivity (Wildman–Crippen MR) is 75.6 cm³/mol. The van der Waals surface area contributed by atoms with Crippen LogP contribution in [0.4, 0.5) is 13.2 Å².